The molecule has 3 nitrogen and oxygen atoms in total. The topological polar surface area (TPSA) is 38.7 Å². The summed E-state index contributed by atoms with van der Waals surface area (Å²) in [6, 6.07) is 10.0. The highest BCUT2D eigenvalue weighted by Crippen LogP contribution is 2.42. The maximum Gasteiger partial charge on any atom is 0.192 e. The molecule has 4 heteroatoms. The van der Waals surface area contributed by atoms with Gasteiger partial charge in [0.1, 0.15) is 11.5 Å². The Hall–Kier alpha value is -1.78. The lowest BCUT2D eigenvalue weighted by molar-refractivity contribution is 0.277. The van der Waals surface area contributed by atoms with Gasteiger partial charge >= 0.3 is 0 Å². The lowest BCUT2D eigenvalue weighted by Crippen LogP contribution is -2.40. The van der Waals surface area contributed by atoms with Crippen molar-refractivity contribution >= 4 is 8.32 Å². The summed E-state index contributed by atoms with van der Waals surface area (Å²) in [5.41, 5.74) is 4.67. The first-order valence-corrected chi connectivity index (χ1v) is 12.0. The van der Waals surface area contributed by atoms with Gasteiger partial charge in [0.05, 0.1) is 13.7 Å². The molecule has 0 aromatic heterocycles. The van der Waals surface area contributed by atoms with Crippen LogP contribution in [0.25, 0.3) is 11.1 Å². The average molecular weight is 373 g/mol. The van der Waals surface area contributed by atoms with E-state index in [1.807, 2.05) is 38.1 Å². The normalized spacial score (nSPS) is 12.3. The lowest BCUT2D eigenvalue weighted by atomic mass is 9.93. The third-order valence-corrected chi connectivity index (χ3v) is 10.1. The van der Waals surface area contributed by atoms with E-state index in [1.54, 1.807) is 7.11 Å². The average Bonchev–Trinajstić information content (AvgIpc) is 2.56. The molecule has 26 heavy (non-hydrogen) atoms. The standard InChI is InChI=1S/C22H32O3Si/c1-15-13-19(24-6)16(2)20(21(15)23)18-12-10-9-11-17(18)14-25-26(7,8)22(3,4)5/h9-13,23H,14H2,1-8H3. The maximum atomic E-state index is 10.7. The molecule has 2 aromatic carbocycles. The van der Waals surface area contributed by atoms with Gasteiger partial charge in [-0.2, -0.15) is 0 Å². The number of aromatic hydroxyl groups is 1. The molecular weight excluding hydrogens is 340 g/mol. The lowest BCUT2D eigenvalue weighted by Gasteiger charge is -2.36. The number of rotatable bonds is 5. The highest BCUT2D eigenvalue weighted by atomic mass is 28.4. The second kappa shape index (κ2) is 7.45. The number of methoxy groups -OCH3 is 1. The van der Waals surface area contributed by atoms with E-state index in [-0.39, 0.29) is 5.04 Å². The second-order valence-electron chi connectivity index (χ2n) is 8.45. The van der Waals surface area contributed by atoms with Crippen molar-refractivity contribution in [3.8, 4) is 22.6 Å². The van der Waals surface area contributed by atoms with E-state index < -0.39 is 8.32 Å². The molecule has 0 aliphatic heterocycles. The Morgan fingerprint density at radius 1 is 1.08 bits per heavy atom. The van der Waals surface area contributed by atoms with Crippen molar-refractivity contribution in [1.82, 2.24) is 0 Å². The van der Waals surface area contributed by atoms with Crippen LogP contribution in [0.4, 0.5) is 0 Å². The minimum absolute atomic E-state index is 0.159. The zero-order valence-corrected chi connectivity index (χ0v) is 18.4. The van der Waals surface area contributed by atoms with Gasteiger partial charge in [0.25, 0.3) is 0 Å². The fourth-order valence-electron chi connectivity index (χ4n) is 2.78. The number of ether oxygens (including phenoxy) is 1. The van der Waals surface area contributed by atoms with Crippen molar-refractivity contribution in [3.05, 3.63) is 47.0 Å². The molecule has 0 aliphatic carbocycles. The van der Waals surface area contributed by atoms with Crippen LogP contribution in [0, 0.1) is 13.8 Å². The molecule has 0 amide bonds. The molecule has 0 heterocycles. The van der Waals surface area contributed by atoms with Crippen LogP contribution in [0.3, 0.4) is 0 Å². The molecule has 0 atom stereocenters. The van der Waals surface area contributed by atoms with Gasteiger partial charge in [-0.15, -0.1) is 0 Å². The highest BCUT2D eigenvalue weighted by Gasteiger charge is 2.37. The first-order chi connectivity index (χ1) is 12.0. The predicted molar refractivity (Wildman–Crippen MR) is 112 cm³/mol. The van der Waals surface area contributed by atoms with E-state index in [4.69, 9.17) is 9.16 Å². The Kier molecular flexibility index (Phi) is 5.88. The summed E-state index contributed by atoms with van der Waals surface area (Å²) in [7, 11) is -0.193. The number of aryl methyl sites for hydroxylation is 1. The summed E-state index contributed by atoms with van der Waals surface area (Å²) in [4.78, 5) is 0. The Bertz CT molecular complexity index is 789. The van der Waals surface area contributed by atoms with Gasteiger partial charge in [-0.1, -0.05) is 45.0 Å². The van der Waals surface area contributed by atoms with Crippen molar-refractivity contribution in [3.63, 3.8) is 0 Å². The van der Waals surface area contributed by atoms with Crippen LogP contribution in [0.2, 0.25) is 18.1 Å². The number of hydrogen-bond donors (Lipinski definition) is 1. The molecule has 0 spiro atoms. The summed E-state index contributed by atoms with van der Waals surface area (Å²) in [5, 5.41) is 10.9. The molecule has 2 rings (SSSR count). The van der Waals surface area contributed by atoms with Crippen molar-refractivity contribution in [2.45, 2.75) is 59.4 Å². The Morgan fingerprint density at radius 3 is 2.27 bits per heavy atom. The molecule has 2 aromatic rings. The summed E-state index contributed by atoms with van der Waals surface area (Å²) >= 11 is 0. The van der Waals surface area contributed by atoms with E-state index in [0.29, 0.717) is 12.4 Å². The summed E-state index contributed by atoms with van der Waals surface area (Å²) in [6.07, 6.45) is 0. The van der Waals surface area contributed by atoms with Crippen LogP contribution in [0.15, 0.2) is 30.3 Å². The zero-order chi connectivity index (χ0) is 19.7. The van der Waals surface area contributed by atoms with E-state index in [2.05, 4.69) is 39.9 Å². The number of phenols is 1. The fraction of sp³-hybridized carbons (Fsp3) is 0.455. The van der Waals surface area contributed by atoms with E-state index >= 15 is 0 Å². The first-order valence-electron chi connectivity index (χ1n) is 9.09. The highest BCUT2D eigenvalue weighted by molar-refractivity contribution is 6.74. The van der Waals surface area contributed by atoms with Gasteiger partial charge < -0.3 is 14.3 Å². The van der Waals surface area contributed by atoms with Crippen molar-refractivity contribution in [1.29, 1.82) is 0 Å². The largest absolute Gasteiger partial charge is 0.507 e. The third kappa shape index (κ3) is 3.97. The molecule has 0 fully saturated rings. The molecular formula is C22H32O3Si. The number of benzene rings is 2. The summed E-state index contributed by atoms with van der Waals surface area (Å²) < 4.78 is 11.9. The molecule has 142 valence electrons. The van der Waals surface area contributed by atoms with Crippen LogP contribution in [0.1, 0.15) is 37.5 Å². The monoisotopic (exact) mass is 372 g/mol. The smallest absolute Gasteiger partial charge is 0.192 e. The van der Waals surface area contributed by atoms with Gasteiger partial charge in [0.2, 0.25) is 0 Å². The van der Waals surface area contributed by atoms with Gasteiger partial charge in [0.15, 0.2) is 8.32 Å². The molecule has 0 saturated carbocycles. The molecule has 0 aliphatic rings. The number of phenolic OH excluding ortho intramolecular Hbond substituents is 1. The number of hydrogen-bond acceptors (Lipinski definition) is 3. The SMILES string of the molecule is COc1cc(C)c(O)c(-c2ccccc2CO[Si](C)(C)C(C)(C)C)c1C. The van der Waals surface area contributed by atoms with E-state index in [9.17, 15) is 5.11 Å². The Labute approximate surface area is 159 Å². The minimum Gasteiger partial charge on any atom is -0.507 e. The van der Waals surface area contributed by atoms with Gasteiger partial charge in [-0.3, -0.25) is 0 Å². The summed E-state index contributed by atoms with van der Waals surface area (Å²) in [5.74, 6) is 1.10. The predicted octanol–water partition coefficient (Wildman–Crippen LogP) is 6.21. The first kappa shape index (κ1) is 20.5. The fourth-order valence-corrected chi connectivity index (χ4v) is 3.73. The van der Waals surface area contributed by atoms with Crippen LogP contribution in [-0.4, -0.2) is 20.5 Å². The molecule has 1 N–H and O–H groups in total. The quantitative estimate of drug-likeness (QED) is 0.634. The van der Waals surface area contributed by atoms with Gasteiger partial charge in [-0.25, -0.2) is 0 Å². The minimum atomic E-state index is -1.85. The summed E-state index contributed by atoms with van der Waals surface area (Å²) in [6.45, 7) is 15.7. The van der Waals surface area contributed by atoms with Crippen LogP contribution < -0.4 is 4.74 Å². The van der Waals surface area contributed by atoms with Gasteiger partial charge in [-0.05, 0) is 54.7 Å². The Morgan fingerprint density at radius 2 is 1.69 bits per heavy atom. The van der Waals surface area contributed by atoms with Crippen LogP contribution >= 0.6 is 0 Å². The van der Waals surface area contributed by atoms with Crippen LogP contribution in [-0.2, 0) is 11.0 Å². The third-order valence-electron chi connectivity index (χ3n) is 5.60. The van der Waals surface area contributed by atoms with Gasteiger partial charge in [0, 0.05) is 11.1 Å². The van der Waals surface area contributed by atoms with Crippen molar-refractivity contribution < 1.29 is 14.3 Å². The Balaban J connectivity index is 2.50. The van der Waals surface area contributed by atoms with Crippen molar-refractivity contribution in [2.24, 2.45) is 0 Å². The molecule has 0 bridgehead atoms. The van der Waals surface area contributed by atoms with E-state index in [0.717, 1.165) is 33.6 Å². The van der Waals surface area contributed by atoms with E-state index in [1.165, 1.54) is 0 Å². The molecule has 0 saturated heterocycles. The maximum absolute atomic E-state index is 10.7. The second-order valence-corrected chi connectivity index (χ2v) is 13.3. The molecule has 0 unspecified atom stereocenters. The zero-order valence-electron chi connectivity index (χ0n) is 17.4. The van der Waals surface area contributed by atoms with Crippen molar-refractivity contribution in [2.75, 3.05) is 7.11 Å². The molecule has 0 radical (unpaired) electrons. The van der Waals surface area contributed by atoms with Crippen LogP contribution in [0.5, 0.6) is 11.5 Å².